The van der Waals surface area contributed by atoms with Crippen LogP contribution in [0.1, 0.15) is 219 Å². The van der Waals surface area contributed by atoms with Crippen LogP contribution in [0.2, 0.25) is 0 Å². The van der Waals surface area contributed by atoms with Gasteiger partial charge in [0.2, 0.25) is 0 Å². The molecule has 0 unspecified atom stereocenters. The summed E-state index contributed by atoms with van der Waals surface area (Å²) in [4.78, 5) is 5.41. The highest BCUT2D eigenvalue weighted by molar-refractivity contribution is 7.42. The van der Waals surface area contributed by atoms with Gasteiger partial charge in [-0.25, -0.2) is 4.89 Å². The second kappa shape index (κ2) is 35.3. The molecule has 0 amide bonds. The third kappa shape index (κ3) is 27.2. The van der Waals surface area contributed by atoms with Gasteiger partial charge in [-0.2, -0.15) is 4.67 Å². The summed E-state index contributed by atoms with van der Waals surface area (Å²) < 4.78 is 34.9. The van der Waals surface area contributed by atoms with Crippen molar-refractivity contribution in [2.24, 2.45) is 5.41 Å². The Morgan fingerprint density at radius 2 is 0.640 bits per heavy atom. The Kier molecular flexibility index (Phi) is 33.0. The molecular formula is C41H82O7P2. The van der Waals surface area contributed by atoms with E-state index in [0.717, 1.165) is 12.8 Å². The molecule has 0 radical (unpaired) electrons. The average Bonchev–Trinajstić information content (AvgIpc) is 3.14. The van der Waals surface area contributed by atoms with E-state index in [1.54, 1.807) is 0 Å². The Morgan fingerprint density at radius 3 is 0.980 bits per heavy atom. The maximum atomic E-state index is 5.93. The Bertz CT molecular complexity index is 686. The quantitative estimate of drug-likeness (QED) is 0.0271. The lowest BCUT2D eigenvalue weighted by Gasteiger charge is -2.41. The maximum Gasteiger partial charge on any atom is 0.362 e. The lowest BCUT2D eigenvalue weighted by Crippen LogP contribution is -2.44. The van der Waals surface area contributed by atoms with Crippen LogP contribution >= 0.6 is 17.2 Å². The summed E-state index contributed by atoms with van der Waals surface area (Å²) >= 11 is 0. The van der Waals surface area contributed by atoms with Gasteiger partial charge in [-0.3, -0.25) is 0 Å². The maximum absolute atomic E-state index is 5.93. The first-order valence-electron chi connectivity index (χ1n) is 21.8. The summed E-state index contributed by atoms with van der Waals surface area (Å²) in [5.74, 6) is 0. The second-order valence-electron chi connectivity index (χ2n) is 15.4. The van der Waals surface area contributed by atoms with E-state index in [2.05, 4.69) is 13.8 Å². The molecule has 0 aromatic carbocycles. The van der Waals surface area contributed by atoms with E-state index in [4.69, 9.17) is 32.2 Å². The molecule has 2 heterocycles. The Balaban J connectivity index is 1.27. The summed E-state index contributed by atoms with van der Waals surface area (Å²) in [6, 6.07) is 0. The van der Waals surface area contributed by atoms with Gasteiger partial charge in [0.05, 0.1) is 45.1 Å². The molecule has 2 saturated heterocycles. The van der Waals surface area contributed by atoms with E-state index in [-0.39, 0.29) is 5.41 Å². The Morgan fingerprint density at radius 1 is 0.360 bits per heavy atom. The summed E-state index contributed by atoms with van der Waals surface area (Å²) in [5, 5.41) is 0. The standard InChI is InChI=1S/C41H82O7P2/c1-3-5-7-9-11-13-15-17-19-21-23-25-27-29-31-33-35-42-48-50-46-39-41(40-47-50)37-44-49(45-38-41)43-36-34-32-30-28-26-24-22-20-18-16-14-12-10-8-6-4-2/h3-40H2,1-2H3. The predicted octanol–water partition coefficient (Wildman–Crippen LogP) is 15.0. The molecule has 298 valence electrons. The van der Waals surface area contributed by atoms with Crippen LogP contribution in [0.3, 0.4) is 0 Å². The van der Waals surface area contributed by atoms with Crippen LogP contribution in [-0.2, 0) is 32.2 Å². The number of hydrogen-bond acceptors (Lipinski definition) is 7. The van der Waals surface area contributed by atoms with Crippen molar-refractivity contribution in [3.63, 3.8) is 0 Å². The van der Waals surface area contributed by atoms with Crippen molar-refractivity contribution in [1.82, 2.24) is 0 Å². The van der Waals surface area contributed by atoms with Crippen molar-refractivity contribution in [2.75, 3.05) is 39.6 Å². The van der Waals surface area contributed by atoms with Crippen LogP contribution in [0.25, 0.3) is 0 Å². The first-order valence-corrected chi connectivity index (χ1v) is 24.0. The molecule has 0 saturated carbocycles. The van der Waals surface area contributed by atoms with Crippen molar-refractivity contribution >= 4 is 17.2 Å². The first-order chi connectivity index (χ1) is 24.8. The zero-order valence-electron chi connectivity index (χ0n) is 33.1. The molecule has 2 fully saturated rings. The van der Waals surface area contributed by atoms with Gasteiger partial charge in [-0.15, -0.1) is 0 Å². The lowest BCUT2D eigenvalue weighted by atomic mass is 9.93. The fraction of sp³-hybridized carbons (Fsp3) is 1.00. The van der Waals surface area contributed by atoms with Gasteiger partial charge in [0.25, 0.3) is 0 Å². The van der Waals surface area contributed by atoms with E-state index >= 15 is 0 Å². The zero-order chi connectivity index (χ0) is 35.5. The molecule has 0 atom stereocenters. The van der Waals surface area contributed by atoms with Gasteiger partial charge in [0.15, 0.2) is 0 Å². The summed E-state index contributed by atoms with van der Waals surface area (Å²) in [6.45, 7) is 7.91. The molecule has 0 bridgehead atoms. The number of unbranched alkanes of at least 4 members (excludes halogenated alkanes) is 30. The fourth-order valence-electron chi connectivity index (χ4n) is 6.78. The van der Waals surface area contributed by atoms with Gasteiger partial charge < -0.3 is 22.6 Å². The van der Waals surface area contributed by atoms with E-state index in [9.17, 15) is 0 Å². The van der Waals surface area contributed by atoms with E-state index < -0.39 is 17.2 Å². The predicted molar refractivity (Wildman–Crippen MR) is 212 cm³/mol. The summed E-state index contributed by atoms with van der Waals surface area (Å²) in [6.07, 6.45) is 43.7. The topological polar surface area (TPSA) is 64.6 Å². The first kappa shape index (κ1) is 46.7. The molecule has 0 aromatic heterocycles. The van der Waals surface area contributed by atoms with E-state index in [1.165, 1.54) is 193 Å². The van der Waals surface area contributed by atoms with Crippen LogP contribution in [0.4, 0.5) is 0 Å². The van der Waals surface area contributed by atoms with Gasteiger partial charge in [0, 0.05) is 0 Å². The molecular weight excluding hydrogens is 666 g/mol. The van der Waals surface area contributed by atoms with Gasteiger partial charge >= 0.3 is 17.2 Å². The minimum absolute atomic E-state index is 0.285. The highest BCUT2D eigenvalue weighted by Crippen LogP contribution is 2.53. The number of rotatable bonds is 37. The van der Waals surface area contributed by atoms with Crippen LogP contribution < -0.4 is 0 Å². The lowest BCUT2D eigenvalue weighted by molar-refractivity contribution is -0.226. The molecule has 0 aromatic rings. The third-order valence-electron chi connectivity index (χ3n) is 10.3. The zero-order valence-corrected chi connectivity index (χ0v) is 34.9. The van der Waals surface area contributed by atoms with E-state index in [1.807, 2.05) is 0 Å². The molecule has 0 N–H and O–H groups in total. The second-order valence-corrected chi connectivity index (χ2v) is 17.7. The highest BCUT2D eigenvalue weighted by Gasteiger charge is 2.44. The average molecular weight is 749 g/mol. The monoisotopic (exact) mass is 749 g/mol. The molecule has 1 spiro atoms. The van der Waals surface area contributed by atoms with Gasteiger partial charge in [-0.05, 0) is 12.8 Å². The SMILES string of the molecule is CCCCCCCCCCCCCCCCCCOOP1OCC2(COP(OCCCCCCCCCCCCCCCCCC)OC2)CO1. The summed E-state index contributed by atoms with van der Waals surface area (Å²) in [5.41, 5.74) is -0.285. The smallest absolute Gasteiger partial charge is 0.312 e. The molecule has 2 rings (SSSR count). The van der Waals surface area contributed by atoms with Crippen LogP contribution in [0.15, 0.2) is 0 Å². The van der Waals surface area contributed by atoms with Crippen molar-refractivity contribution in [3.8, 4) is 0 Å². The van der Waals surface area contributed by atoms with Crippen molar-refractivity contribution in [3.05, 3.63) is 0 Å². The largest absolute Gasteiger partial charge is 0.362 e. The Hall–Kier alpha value is 0.580. The minimum atomic E-state index is -1.46. The molecule has 0 aliphatic carbocycles. The van der Waals surface area contributed by atoms with Crippen molar-refractivity contribution < 1.29 is 32.2 Å². The molecule has 7 nitrogen and oxygen atoms in total. The van der Waals surface area contributed by atoms with Crippen molar-refractivity contribution in [1.29, 1.82) is 0 Å². The molecule has 2 aliphatic rings. The third-order valence-corrected chi connectivity index (χ3v) is 12.3. The summed E-state index contributed by atoms with van der Waals surface area (Å²) in [7, 11) is -2.73. The van der Waals surface area contributed by atoms with Gasteiger partial charge in [0.1, 0.15) is 0 Å². The van der Waals surface area contributed by atoms with Crippen LogP contribution in [0.5, 0.6) is 0 Å². The minimum Gasteiger partial charge on any atom is -0.312 e. The van der Waals surface area contributed by atoms with Crippen LogP contribution in [0, 0.1) is 5.41 Å². The highest BCUT2D eigenvalue weighted by atomic mass is 31.2. The van der Waals surface area contributed by atoms with Crippen molar-refractivity contribution in [2.45, 2.75) is 219 Å². The van der Waals surface area contributed by atoms with Crippen LogP contribution in [-0.4, -0.2) is 39.6 Å². The normalized spacial score (nSPS) is 21.0. The molecule has 9 heteroatoms. The fourth-order valence-corrected chi connectivity index (χ4v) is 9.12. The van der Waals surface area contributed by atoms with E-state index in [0.29, 0.717) is 39.6 Å². The number of hydrogen-bond donors (Lipinski definition) is 0. The molecule has 2 aliphatic heterocycles. The Labute approximate surface area is 313 Å². The molecule has 50 heavy (non-hydrogen) atoms. The van der Waals surface area contributed by atoms with Gasteiger partial charge in [-0.1, -0.05) is 206 Å².